The Balaban J connectivity index is 2.64. The predicted octanol–water partition coefficient (Wildman–Crippen LogP) is 3.33. The van der Waals surface area contributed by atoms with E-state index >= 15 is 0 Å². The molecule has 3 atom stereocenters. The summed E-state index contributed by atoms with van der Waals surface area (Å²) in [6.45, 7) is 7.71. The number of hydrogen-bond donors (Lipinski definition) is 5. The number of carbonyl (C=O) groups is 4. The maximum Gasteiger partial charge on any atom is 0.248 e. The molecule has 1 saturated carbocycles. The van der Waals surface area contributed by atoms with Crippen molar-refractivity contribution >= 4 is 23.4 Å². The number of carbonyl (C=O) groups excluding carboxylic acids is 4. The predicted molar refractivity (Wildman–Crippen MR) is 134 cm³/mol. The van der Waals surface area contributed by atoms with Gasteiger partial charge in [0.05, 0.1) is 18.3 Å². The summed E-state index contributed by atoms with van der Waals surface area (Å²) in [5, 5.41) is 9.78. The van der Waals surface area contributed by atoms with Gasteiger partial charge < -0.3 is 4.98 Å². The molecule has 0 spiro atoms. The number of nitrogens with two attached hydrogens (primary N) is 1. The van der Waals surface area contributed by atoms with Crippen molar-refractivity contribution in [3.8, 4) is 0 Å². The smallest absolute Gasteiger partial charge is 0.248 e. The number of rotatable bonds is 15. The molecule has 1 aromatic rings. The highest BCUT2D eigenvalue weighted by Crippen LogP contribution is 2.48. The number of aromatic nitrogens is 2. The van der Waals surface area contributed by atoms with Crippen molar-refractivity contribution in [1.82, 2.24) is 20.9 Å². The van der Waals surface area contributed by atoms with Gasteiger partial charge in [0.15, 0.2) is 5.82 Å². The molecular formula is C26H43N5O5. The molecule has 10 nitrogen and oxygen atoms in total. The van der Waals surface area contributed by atoms with Crippen molar-refractivity contribution in [2.75, 3.05) is 0 Å². The van der Waals surface area contributed by atoms with Crippen LogP contribution in [0.15, 0.2) is 12.4 Å². The standard InChI is InChI=1S/C26H43N5O5/c1-16(2)13-19(24(34)30-27)22(25(35)31-36)26(15-17(3)4,10-9-18-7-5-6-8-18)21(33)14-20(32)23-28-11-12-29-23/h11-12,16-19,22,36H,5-10,13-15,27H2,1-4H3,(H,28,29)(H,30,34)(H,31,35)/t19-,22-,26?/m1/s1. The lowest BCUT2D eigenvalue weighted by atomic mass is 9.58. The van der Waals surface area contributed by atoms with E-state index in [-0.39, 0.29) is 30.5 Å². The number of nitrogens with one attached hydrogen (secondary N) is 3. The van der Waals surface area contributed by atoms with Crippen LogP contribution in [0.3, 0.4) is 0 Å². The molecule has 1 unspecified atom stereocenters. The molecule has 2 amide bonds. The molecule has 0 saturated heterocycles. The molecule has 10 heteroatoms. The normalized spacial score (nSPS) is 17.6. The molecule has 0 aliphatic heterocycles. The average Bonchev–Trinajstić information content (AvgIpc) is 3.55. The molecule has 0 bridgehead atoms. The van der Waals surface area contributed by atoms with E-state index in [0.29, 0.717) is 18.8 Å². The summed E-state index contributed by atoms with van der Waals surface area (Å²) in [6, 6.07) is 0. The molecule has 1 aliphatic rings. The first kappa shape index (κ1) is 29.6. The molecule has 0 radical (unpaired) electrons. The van der Waals surface area contributed by atoms with Gasteiger partial charge in [-0.3, -0.25) is 29.8 Å². The third kappa shape index (κ3) is 7.46. The molecule has 1 aliphatic carbocycles. The van der Waals surface area contributed by atoms with Crippen molar-refractivity contribution in [2.45, 2.75) is 85.5 Å². The topological polar surface area (TPSA) is 167 Å². The summed E-state index contributed by atoms with van der Waals surface area (Å²) >= 11 is 0. The van der Waals surface area contributed by atoms with E-state index in [2.05, 4.69) is 15.4 Å². The zero-order chi connectivity index (χ0) is 26.9. The first-order valence-corrected chi connectivity index (χ1v) is 13.1. The first-order valence-electron chi connectivity index (χ1n) is 13.1. The fourth-order valence-electron chi connectivity index (χ4n) is 6.02. The van der Waals surface area contributed by atoms with Gasteiger partial charge in [0, 0.05) is 17.8 Å². The van der Waals surface area contributed by atoms with Crippen LogP contribution in [0.25, 0.3) is 0 Å². The van der Waals surface area contributed by atoms with Gasteiger partial charge in [0.2, 0.25) is 17.6 Å². The van der Waals surface area contributed by atoms with Gasteiger partial charge >= 0.3 is 0 Å². The summed E-state index contributed by atoms with van der Waals surface area (Å²) in [5.74, 6) is 1.54. The Bertz CT molecular complexity index is 879. The second-order valence-corrected chi connectivity index (χ2v) is 11.1. The number of ketones is 2. The molecule has 1 aromatic heterocycles. The lowest BCUT2D eigenvalue weighted by Gasteiger charge is -2.43. The van der Waals surface area contributed by atoms with Gasteiger partial charge in [-0.05, 0) is 43.4 Å². The second-order valence-electron chi connectivity index (χ2n) is 11.1. The van der Waals surface area contributed by atoms with Gasteiger partial charge in [-0.1, -0.05) is 53.4 Å². The highest BCUT2D eigenvalue weighted by Gasteiger charge is 2.54. The van der Waals surface area contributed by atoms with Crippen molar-refractivity contribution < 1.29 is 24.4 Å². The summed E-state index contributed by atoms with van der Waals surface area (Å²) in [4.78, 5) is 60.2. The van der Waals surface area contributed by atoms with E-state index in [9.17, 15) is 24.4 Å². The number of imidazole rings is 1. The molecule has 36 heavy (non-hydrogen) atoms. The van der Waals surface area contributed by atoms with Crippen LogP contribution in [0.4, 0.5) is 0 Å². The number of H-pyrrole nitrogens is 1. The van der Waals surface area contributed by atoms with Crippen LogP contribution in [0.2, 0.25) is 0 Å². The lowest BCUT2D eigenvalue weighted by molar-refractivity contribution is -0.155. The molecule has 0 aromatic carbocycles. The fraction of sp³-hybridized carbons (Fsp3) is 0.731. The number of Topliss-reactive ketones (excluding diaryl/α,β-unsaturated/α-hetero) is 2. The third-order valence-corrected chi connectivity index (χ3v) is 7.48. The molecule has 1 fully saturated rings. The first-order chi connectivity index (χ1) is 17.0. The highest BCUT2D eigenvalue weighted by molar-refractivity contribution is 6.09. The van der Waals surface area contributed by atoms with E-state index in [0.717, 1.165) is 25.7 Å². The van der Waals surface area contributed by atoms with Crippen LogP contribution in [0, 0.1) is 35.0 Å². The van der Waals surface area contributed by atoms with Crippen LogP contribution >= 0.6 is 0 Å². The van der Waals surface area contributed by atoms with Crippen molar-refractivity contribution in [2.24, 2.45) is 40.8 Å². The molecular weight excluding hydrogens is 462 g/mol. The number of nitrogens with zero attached hydrogens (tertiary/aromatic N) is 1. The number of hydrazine groups is 1. The maximum atomic E-state index is 14.2. The van der Waals surface area contributed by atoms with Crippen LogP contribution in [0.1, 0.15) is 96.1 Å². The quantitative estimate of drug-likeness (QED) is 0.0608. The van der Waals surface area contributed by atoms with E-state index in [1.807, 2.05) is 27.7 Å². The van der Waals surface area contributed by atoms with Crippen molar-refractivity contribution in [3.63, 3.8) is 0 Å². The second kappa shape index (κ2) is 13.6. The number of hydrogen-bond acceptors (Lipinski definition) is 7. The van der Waals surface area contributed by atoms with Crippen molar-refractivity contribution in [3.05, 3.63) is 18.2 Å². The van der Waals surface area contributed by atoms with Gasteiger partial charge in [0.1, 0.15) is 5.78 Å². The minimum absolute atomic E-state index is 0.00716. The van der Waals surface area contributed by atoms with Crippen LogP contribution < -0.4 is 16.7 Å². The summed E-state index contributed by atoms with van der Waals surface area (Å²) in [5.41, 5.74) is 2.54. The molecule has 1 heterocycles. The van der Waals surface area contributed by atoms with Gasteiger partial charge in [-0.2, -0.15) is 0 Å². The minimum Gasteiger partial charge on any atom is -0.342 e. The fourth-order valence-corrected chi connectivity index (χ4v) is 6.02. The van der Waals surface area contributed by atoms with E-state index in [1.54, 1.807) is 5.48 Å². The van der Waals surface area contributed by atoms with Crippen molar-refractivity contribution in [1.29, 1.82) is 0 Å². The molecule has 202 valence electrons. The lowest BCUT2D eigenvalue weighted by Crippen LogP contribution is -2.55. The molecule has 2 rings (SSSR count). The monoisotopic (exact) mass is 505 g/mol. The third-order valence-electron chi connectivity index (χ3n) is 7.48. The zero-order valence-corrected chi connectivity index (χ0v) is 22.0. The van der Waals surface area contributed by atoms with Gasteiger partial charge in [-0.15, -0.1) is 0 Å². The van der Waals surface area contributed by atoms with E-state index in [1.165, 1.54) is 12.4 Å². The number of aromatic amines is 1. The largest absolute Gasteiger partial charge is 0.342 e. The Labute approximate surface area is 213 Å². The summed E-state index contributed by atoms with van der Waals surface area (Å²) in [6.07, 6.45) is 8.43. The number of hydroxylamine groups is 1. The van der Waals surface area contributed by atoms with Crippen LogP contribution in [-0.4, -0.2) is 38.6 Å². The minimum atomic E-state index is -1.35. The highest BCUT2D eigenvalue weighted by atomic mass is 16.5. The van der Waals surface area contributed by atoms with E-state index < -0.39 is 47.1 Å². The SMILES string of the molecule is CC(C)C[C@@H](C(=O)NN)[C@H](C(=O)NO)C(CCC1CCCC1)(CC(C)C)C(=O)CC(=O)c1ncc[nH]1. The Morgan fingerprint density at radius 1 is 1.14 bits per heavy atom. The Hall–Kier alpha value is -2.59. The van der Waals surface area contributed by atoms with Gasteiger partial charge in [-0.25, -0.2) is 16.3 Å². The Morgan fingerprint density at radius 3 is 2.31 bits per heavy atom. The zero-order valence-electron chi connectivity index (χ0n) is 22.0. The molecule has 6 N–H and O–H groups in total. The van der Waals surface area contributed by atoms with Crippen LogP contribution in [-0.2, 0) is 14.4 Å². The van der Waals surface area contributed by atoms with E-state index in [4.69, 9.17) is 5.84 Å². The summed E-state index contributed by atoms with van der Waals surface area (Å²) in [7, 11) is 0. The van der Waals surface area contributed by atoms with Gasteiger partial charge in [0.25, 0.3) is 0 Å². The van der Waals surface area contributed by atoms with Crippen LogP contribution in [0.5, 0.6) is 0 Å². The Kier molecular flexibility index (Phi) is 11.2. The number of amides is 2. The summed E-state index contributed by atoms with van der Waals surface area (Å²) < 4.78 is 0. The Morgan fingerprint density at radius 2 is 1.81 bits per heavy atom. The average molecular weight is 506 g/mol. The maximum absolute atomic E-state index is 14.2.